The second-order valence-electron chi connectivity index (χ2n) is 4.84. The van der Waals surface area contributed by atoms with Gasteiger partial charge in [0.15, 0.2) is 0 Å². The summed E-state index contributed by atoms with van der Waals surface area (Å²) in [7, 11) is 0. The molecule has 5 nitrogen and oxygen atoms in total. The summed E-state index contributed by atoms with van der Waals surface area (Å²) in [4.78, 5) is 10.8. The van der Waals surface area contributed by atoms with E-state index < -0.39 is 12.1 Å². The summed E-state index contributed by atoms with van der Waals surface area (Å²) in [6.07, 6.45) is -0.897. The number of para-hydroxylation sites is 1. The van der Waals surface area contributed by atoms with Crippen molar-refractivity contribution in [2.75, 3.05) is 6.61 Å². The zero-order chi connectivity index (χ0) is 15.5. The molecule has 1 unspecified atom stereocenters. The van der Waals surface area contributed by atoms with Crippen LogP contribution >= 0.6 is 0 Å². The third kappa shape index (κ3) is 2.94. The fourth-order valence-corrected chi connectivity index (χ4v) is 2.12. The second-order valence-corrected chi connectivity index (χ2v) is 4.84. The SMILES string of the molecule is O=C(O)c1ccc(OCC(O)c2cc3ccccc3o2)cc1. The maximum Gasteiger partial charge on any atom is 0.335 e. The van der Waals surface area contributed by atoms with Crippen LogP contribution in [0.3, 0.4) is 0 Å². The monoisotopic (exact) mass is 298 g/mol. The predicted octanol–water partition coefficient (Wildman–Crippen LogP) is 3.24. The van der Waals surface area contributed by atoms with Gasteiger partial charge in [-0.1, -0.05) is 18.2 Å². The fraction of sp³-hybridized carbons (Fsp3) is 0.118. The molecule has 0 amide bonds. The number of aliphatic hydroxyl groups is 1. The van der Waals surface area contributed by atoms with Crippen LogP contribution in [-0.4, -0.2) is 22.8 Å². The summed E-state index contributed by atoms with van der Waals surface area (Å²) in [6.45, 7) is 0.0201. The van der Waals surface area contributed by atoms with Crippen LogP contribution in [0.25, 0.3) is 11.0 Å². The highest BCUT2D eigenvalue weighted by Crippen LogP contribution is 2.24. The molecule has 3 rings (SSSR count). The number of carboxylic acid groups (broad SMARTS) is 1. The third-order valence-electron chi connectivity index (χ3n) is 3.28. The number of furan rings is 1. The average Bonchev–Trinajstić information content (AvgIpc) is 2.97. The molecule has 0 spiro atoms. The molecule has 0 aliphatic rings. The summed E-state index contributed by atoms with van der Waals surface area (Å²) >= 11 is 0. The molecule has 2 N–H and O–H groups in total. The zero-order valence-corrected chi connectivity index (χ0v) is 11.6. The molecule has 112 valence electrons. The van der Waals surface area contributed by atoms with E-state index in [1.54, 1.807) is 18.2 Å². The van der Waals surface area contributed by atoms with Crippen molar-refractivity contribution >= 4 is 16.9 Å². The van der Waals surface area contributed by atoms with E-state index in [0.29, 0.717) is 17.1 Å². The van der Waals surface area contributed by atoms with Crippen molar-refractivity contribution in [3.8, 4) is 5.75 Å². The first-order chi connectivity index (χ1) is 10.6. The lowest BCUT2D eigenvalue weighted by molar-refractivity contribution is 0.0696. The van der Waals surface area contributed by atoms with E-state index in [9.17, 15) is 9.90 Å². The number of aliphatic hydroxyl groups excluding tert-OH is 1. The van der Waals surface area contributed by atoms with Gasteiger partial charge in [-0.3, -0.25) is 0 Å². The summed E-state index contributed by atoms with van der Waals surface area (Å²) in [5.41, 5.74) is 0.896. The minimum Gasteiger partial charge on any atom is -0.490 e. The molecule has 1 aromatic heterocycles. The number of hydrogen-bond donors (Lipinski definition) is 2. The summed E-state index contributed by atoms with van der Waals surface area (Å²) in [5.74, 6) is -0.0719. The molecule has 2 aromatic carbocycles. The number of rotatable bonds is 5. The van der Waals surface area contributed by atoms with E-state index in [0.717, 1.165) is 5.39 Å². The van der Waals surface area contributed by atoms with Gasteiger partial charge in [-0.15, -0.1) is 0 Å². The van der Waals surface area contributed by atoms with Crippen LogP contribution in [0.4, 0.5) is 0 Å². The van der Waals surface area contributed by atoms with Gasteiger partial charge in [0.2, 0.25) is 0 Å². The van der Waals surface area contributed by atoms with E-state index in [1.165, 1.54) is 12.1 Å². The Morgan fingerprint density at radius 2 is 1.86 bits per heavy atom. The minimum absolute atomic E-state index is 0.0201. The molecule has 0 radical (unpaired) electrons. The highest BCUT2D eigenvalue weighted by molar-refractivity contribution is 5.87. The normalized spacial score (nSPS) is 12.2. The molecule has 5 heteroatoms. The number of benzene rings is 2. The van der Waals surface area contributed by atoms with Gasteiger partial charge < -0.3 is 19.4 Å². The minimum atomic E-state index is -0.992. The first kappa shape index (κ1) is 14.2. The van der Waals surface area contributed by atoms with E-state index in [4.69, 9.17) is 14.3 Å². The van der Waals surface area contributed by atoms with Crippen molar-refractivity contribution in [1.29, 1.82) is 0 Å². The molecule has 0 saturated heterocycles. The van der Waals surface area contributed by atoms with Crippen molar-refractivity contribution < 1.29 is 24.2 Å². The molecule has 3 aromatic rings. The van der Waals surface area contributed by atoms with Crippen LogP contribution in [0.5, 0.6) is 5.75 Å². The van der Waals surface area contributed by atoms with Gasteiger partial charge in [0.25, 0.3) is 0 Å². The third-order valence-corrected chi connectivity index (χ3v) is 3.28. The molecule has 0 aliphatic carbocycles. The van der Waals surface area contributed by atoms with Crippen molar-refractivity contribution in [2.45, 2.75) is 6.10 Å². The standard InChI is InChI=1S/C17H14O5/c18-14(16-9-12-3-1-2-4-15(12)22-16)10-21-13-7-5-11(6-8-13)17(19)20/h1-9,14,18H,10H2,(H,19,20). The van der Waals surface area contributed by atoms with Crippen LogP contribution in [0.1, 0.15) is 22.2 Å². The Morgan fingerprint density at radius 1 is 1.14 bits per heavy atom. The fourth-order valence-electron chi connectivity index (χ4n) is 2.12. The summed E-state index contributed by atoms with van der Waals surface area (Å²) in [6, 6.07) is 15.3. The lowest BCUT2D eigenvalue weighted by Crippen LogP contribution is -2.09. The molecular formula is C17H14O5. The van der Waals surface area contributed by atoms with Gasteiger partial charge in [-0.05, 0) is 36.4 Å². The predicted molar refractivity (Wildman–Crippen MR) is 80.1 cm³/mol. The molecule has 1 heterocycles. The summed E-state index contributed by atoms with van der Waals surface area (Å²) < 4.78 is 11.0. The molecule has 0 saturated carbocycles. The molecule has 0 bridgehead atoms. The highest BCUT2D eigenvalue weighted by atomic mass is 16.5. The quantitative estimate of drug-likeness (QED) is 0.756. The molecule has 22 heavy (non-hydrogen) atoms. The zero-order valence-electron chi connectivity index (χ0n) is 11.6. The van der Waals surface area contributed by atoms with E-state index in [-0.39, 0.29) is 12.2 Å². The van der Waals surface area contributed by atoms with Gasteiger partial charge in [-0.25, -0.2) is 4.79 Å². The number of ether oxygens (including phenoxy) is 1. The Labute approximate surface area is 126 Å². The van der Waals surface area contributed by atoms with Gasteiger partial charge in [0, 0.05) is 5.39 Å². The Balaban J connectivity index is 1.66. The van der Waals surface area contributed by atoms with Crippen LogP contribution in [0, 0.1) is 0 Å². The number of fused-ring (bicyclic) bond motifs is 1. The van der Waals surface area contributed by atoms with E-state index in [1.807, 2.05) is 24.3 Å². The number of hydrogen-bond acceptors (Lipinski definition) is 4. The van der Waals surface area contributed by atoms with Gasteiger partial charge in [-0.2, -0.15) is 0 Å². The van der Waals surface area contributed by atoms with Crippen molar-refractivity contribution in [3.63, 3.8) is 0 Å². The van der Waals surface area contributed by atoms with Crippen LogP contribution in [0.15, 0.2) is 59.0 Å². The Bertz CT molecular complexity index is 755. The lowest BCUT2D eigenvalue weighted by atomic mass is 10.2. The van der Waals surface area contributed by atoms with Gasteiger partial charge in [0.1, 0.15) is 29.8 Å². The number of carbonyl (C=O) groups is 1. The van der Waals surface area contributed by atoms with Crippen LogP contribution in [-0.2, 0) is 0 Å². The number of carboxylic acids is 1. The summed E-state index contributed by atoms with van der Waals surface area (Å²) in [5, 5.41) is 19.9. The topological polar surface area (TPSA) is 79.9 Å². The Morgan fingerprint density at radius 3 is 2.55 bits per heavy atom. The average molecular weight is 298 g/mol. The molecule has 1 atom stereocenters. The van der Waals surface area contributed by atoms with Crippen molar-refractivity contribution in [1.82, 2.24) is 0 Å². The van der Waals surface area contributed by atoms with Crippen molar-refractivity contribution in [2.24, 2.45) is 0 Å². The first-order valence-electron chi connectivity index (χ1n) is 6.76. The van der Waals surface area contributed by atoms with Crippen LogP contribution in [0.2, 0.25) is 0 Å². The molecular weight excluding hydrogens is 284 g/mol. The Hall–Kier alpha value is -2.79. The van der Waals surface area contributed by atoms with E-state index in [2.05, 4.69) is 0 Å². The maximum atomic E-state index is 10.8. The Kier molecular flexibility index (Phi) is 3.80. The molecule has 0 fully saturated rings. The van der Waals surface area contributed by atoms with Gasteiger partial charge in [0.05, 0.1) is 5.56 Å². The van der Waals surface area contributed by atoms with E-state index >= 15 is 0 Å². The first-order valence-corrected chi connectivity index (χ1v) is 6.76. The smallest absolute Gasteiger partial charge is 0.335 e. The van der Waals surface area contributed by atoms with Crippen LogP contribution < -0.4 is 4.74 Å². The number of aromatic carboxylic acids is 1. The molecule has 0 aliphatic heterocycles. The van der Waals surface area contributed by atoms with Crippen molar-refractivity contribution in [3.05, 3.63) is 65.9 Å². The van der Waals surface area contributed by atoms with Gasteiger partial charge >= 0.3 is 5.97 Å². The second kappa shape index (κ2) is 5.91. The highest BCUT2D eigenvalue weighted by Gasteiger charge is 2.14. The lowest BCUT2D eigenvalue weighted by Gasteiger charge is -2.10. The largest absolute Gasteiger partial charge is 0.490 e. The maximum absolute atomic E-state index is 10.8.